The van der Waals surface area contributed by atoms with Gasteiger partial charge in [0.2, 0.25) is 11.8 Å². The smallest absolute Gasteiger partial charge is 0.266 e. The van der Waals surface area contributed by atoms with Crippen molar-refractivity contribution < 1.29 is 19.1 Å². The Balaban J connectivity index is 1.27. The summed E-state index contributed by atoms with van der Waals surface area (Å²) in [6.45, 7) is 0.143. The van der Waals surface area contributed by atoms with Gasteiger partial charge in [0, 0.05) is 18.7 Å². The van der Waals surface area contributed by atoms with Gasteiger partial charge in [-0.1, -0.05) is 78.2 Å². The normalized spacial score (nSPS) is 14.2. The predicted octanol–water partition coefficient (Wildman–Crippen LogP) is 5.71. The zero-order valence-corrected chi connectivity index (χ0v) is 23.9. The van der Waals surface area contributed by atoms with Crippen LogP contribution in [0.1, 0.15) is 16.8 Å². The van der Waals surface area contributed by atoms with E-state index in [9.17, 15) is 14.4 Å². The topological polar surface area (TPSA) is 93.5 Å². The predicted molar refractivity (Wildman–Crippen MR) is 164 cm³/mol. The van der Waals surface area contributed by atoms with Crippen molar-refractivity contribution in [2.24, 2.45) is 0 Å². The third kappa shape index (κ3) is 6.27. The van der Waals surface area contributed by atoms with E-state index in [-0.39, 0.29) is 36.4 Å². The molecule has 202 valence electrons. The van der Waals surface area contributed by atoms with Gasteiger partial charge in [-0.25, -0.2) is 4.98 Å². The minimum atomic E-state index is -0.243. The number of imidazole rings is 1. The first-order chi connectivity index (χ1) is 19.4. The number of thioether (sulfide) groups is 2. The second-order valence-corrected chi connectivity index (χ2v) is 11.3. The van der Waals surface area contributed by atoms with Crippen LogP contribution in [0.15, 0.2) is 88.9 Å². The summed E-state index contributed by atoms with van der Waals surface area (Å²) in [5.41, 5.74) is 2.83. The van der Waals surface area contributed by atoms with Crippen molar-refractivity contribution in [3.63, 3.8) is 0 Å². The number of amides is 2. The zero-order chi connectivity index (χ0) is 28.1. The van der Waals surface area contributed by atoms with Gasteiger partial charge in [-0.3, -0.25) is 23.9 Å². The van der Waals surface area contributed by atoms with Gasteiger partial charge >= 0.3 is 0 Å². The van der Waals surface area contributed by atoms with Crippen LogP contribution in [0, 0.1) is 0 Å². The quantitative estimate of drug-likeness (QED) is 0.151. The molecule has 0 atom stereocenters. The summed E-state index contributed by atoms with van der Waals surface area (Å²) in [7, 11) is 1.58. The van der Waals surface area contributed by atoms with E-state index in [0.29, 0.717) is 36.9 Å². The van der Waals surface area contributed by atoms with Crippen molar-refractivity contribution in [2.45, 2.75) is 11.6 Å². The van der Waals surface area contributed by atoms with Crippen molar-refractivity contribution in [1.82, 2.24) is 14.5 Å². The number of ether oxygens (including phenoxy) is 1. The molecule has 1 aliphatic heterocycles. The first kappa shape index (κ1) is 27.6. The molecule has 40 heavy (non-hydrogen) atoms. The SMILES string of the molecule is COc1ccc(NC(=O)CSc2nc3ccccc3n2C(=O)CCN2C(=O)/C(=C\c3ccccc3)SC2=S)cc1. The van der Waals surface area contributed by atoms with Crippen LogP contribution < -0.4 is 10.1 Å². The van der Waals surface area contributed by atoms with Crippen LogP contribution in [0.4, 0.5) is 5.69 Å². The Morgan fingerprint density at radius 2 is 1.77 bits per heavy atom. The van der Waals surface area contributed by atoms with E-state index in [1.807, 2.05) is 54.6 Å². The standard InChI is InChI=1S/C29H24N4O4S3/c1-37-21-13-11-20(12-14-21)30-25(34)18-39-28-31-22-9-5-6-10-23(22)33(28)26(35)15-16-32-27(36)24(40-29(32)38)17-19-7-3-2-4-8-19/h2-14,17H,15-16,18H2,1H3,(H,30,34)/b24-17+. The fraction of sp³-hybridized carbons (Fsp3) is 0.138. The molecule has 1 N–H and O–H groups in total. The fourth-order valence-corrected chi connectivity index (χ4v) is 6.19. The van der Waals surface area contributed by atoms with Crippen molar-refractivity contribution >= 4 is 80.6 Å². The van der Waals surface area contributed by atoms with Crippen LogP contribution in [0.25, 0.3) is 17.1 Å². The highest BCUT2D eigenvalue weighted by Gasteiger charge is 2.32. The molecular weight excluding hydrogens is 565 g/mol. The molecule has 2 heterocycles. The van der Waals surface area contributed by atoms with Crippen LogP contribution in [-0.2, 0) is 9.59 Å². The van der Waals surface area contributed by atoms with Crippen LogP contribution in [0.5, 0.6) is 5.75 Å². The highest BCUT2D eigenvalue weighted by Crippen LogP contribution is 2.33. The number of carbonyl (C=O) groups is 3. The number of benzene rings is 3. The Morgan fingerprint density at radius 3 is 2.52 bits per heavy atom. The molecule has 1 fully saturated rings. The average molecular weight is 589 g/mol. The van der Waals surface area contributed by atoms with E-state index in [4.69, 9.17) is 17.0 Å². The molecule has 0 unspecified atom stereocenters. The number of carbonyl (C=O) groups excluding carboxylic acids is 3. The maximum atomic E-state index is 13.5. The molecule has 5 rings (SSSR count). The largest absolute Gasteiger partial charge is 0.497 e. The Hall–Kier alpha value is -3.93. The summed E-state index contributed by atoms with van der Waals surface area (Å²) in [4.78, 5) is 45.7. The number of nitrogens with zero attached hydrogens (tertiary/aromatic N) is 3. The van der Waals surface area contributed by atoms with Gasteiger partial charge in [0.15, 0.2) is 5.16 Å². The van der Waals surface area contributed by atoms with Gasteiger partial charge in [0.25, 0.3) is 5.91 Å². The molecule has 3 aromatic carbocycles. The van der Waals surface area contributed by atoms with Crippen molar-refractivity contribution in [2.75, 3.05) is 24.7 Å². The van der Waals surface area contributed by atoms with Crippen LogP contribution in [0.3, 0.4) is 0 Å². The van der Waals surface area contributed by atoms with Gasteiger partial charge < -0.3 is 10.1 Å². The summed E-state index contributed by atoms with van der Waals surface area (Å²) >= 11 is 7.84. The summed E-state index contributed by atoms with van der Waals surface area (Å²) < 4.78 is 7.07. The van der Waals surface area contributed by atoms with Gasteiger partial charge in [0.1, 0.15) is 10.1 Å². The molecule has 11 heteroatoms. The fourth-order valence-electron chi connectivity index (χ4n) is 4.06. The molecule has 4 aromatic rings. The number of hydrogen-bond donors (Lipinski definition) is 1. The lowest BCUT2D eigenvalue weighted by molar-refractivity contribution is -0.122. The van der Waals surface area contributed by atoms with E-state index in [2.05, 4.69) is 10.3 Å². The summed E-state index contributed by atoms with van der Waals surface area (Å²) in [5, 5.41) is 3.24. The number of para-hydroxylation sites is 2. The maximum Gasteiger partial charge on any atom is 0.266 e. The average Bonchev–Trinajstić information content (AvgIpc) is 3.47. The minimum absolute atomic E-state index is 0.0387. The van der Waals surface area contributed by atoms with Crippen LogP contribution in [-0.4, -0.2) is 55.9 Å². The van der Waals surface area contributed by atoms with E-state index < -0.39 is 0 Å². The molecular formula is C29H24N4O4S3. The Morgan fingerprint density at radius 1 is 1.05 bits per heavy atom. The molecule has 1 aliphatic rings. The van der Waals surface area contributed by atoms with Crippen LogP contribution in [0.2, 0.25) is 0 Å². The van der Waals surface area contributed by atoms with Crippen LogP contribution >= 0.6 is 35.7 Å². The van der Waals surface area contributed by atoms with Gasteiger partial charge in [-0.05, 0) is 48.0 Å². The first-order valence-electron chi connectivity index (χ1n) is 12.3. The lowest BCUT2D eigenvalue weighted by atomic mass is 10.2. The molecule has 0 radical (unpaired) electrons. The molecule has 0 aliphatic carbocycles. The molecule has 0 saturated carbocycles. The monoisotopic (exact) mass is 588 g/mol. The summed E-state index contributed by atoms with van der Waals surface area (Å²) in [6.07, 6.45) is 1.84. The summed E-state index contributed by atoms with van der Waals surface area (Å²) in [6, 6.07) is 23.9. The van der Waals surface area contributed by atoms with E-state index in [0.717, 1.165) is 5.56 Å². The third-order valence-electron chi connectivity index (χ3n) is 6.01. The van der Waals surface area contributed by atoms with Gasteiger partial charge in [-0.2, -0.15) is 0 Å². The lowest BCUT2D eigenvalue weighted by Crippen LogP contribution is -2.31. The van der Waals surface area contributed by atoms with E-state index in [1.165, 1.54) is 33.0 Å². The molecule has 0 spiro atoms. The highest BCUT2D eigenvalue weighted by molar-refractivity contribution is 8.26. The van der Waals surface area contributed by atoms with Crippen molar-refractivity contribution in [1.29, 1.82) is 0 Å². The summed E-state index contributed by atoms with van der Waals surface area (Å²) in [5.74, 6) is 0.0588. The number of rotatable bonds is 9. The van der Waals surface area contributed by atoms with Gasteiger partial charge in [-0.15, -0.1) is 0 Å². The van der Waals surface area contributed by atoms with Crippen molar-refractivity contribution in [3.8, 4) is 5.75 Å². The highest BCUT2D eigenvalue weighted by atomic mass is 32.2. The molecule has 8 nitrogen and oxygen atoms in total. The molecule has 0 bridgehead atoms. The first-order valence-corrected chi connectivity index (χ1v) is 14.5. The lowest BCUT2D eigenvalue weighted by Gasteiger charge is -2.15. The Bertz CT molecular complexity index is 1620. The Kier molecular flexibility index (Phi) is 8.63. The number of aromatic nitrogens is 2. The van der Waals surface area contributed by atoms with E-state index in [1.54, 1.807) is 37.5 Å². The third-order valence-corrected chi connectivity index (χ3v) is 8.32. The number of methoxy groups -OCH3 is 1. The molecule has 2 amide bonds. The Labute approximate surface area is 244 Å². The molecule has 1 aromatic heterocycles. The zero-order valence-electron chi connectivity index (χ0n) is 21.4. The van der Waals surface area contributed by atoms with Crippen molar-refractivity contribution in [3.05, 3.63) is 89.3 Å². The minimum Gasteiger partial charge on any atom is -0.497 e. The second kappa shape index (κ2) is 12.5. The number of anilines is 1. The maximum absolute atomic E-state index is 13.5. The number of fused-ring (bicyclic) bond motifs is 1. The second-order valence-electron chi connectivity index (χ2n) is 8.67. The number of thiocarbonyl (C=S) groups is 1. The molecule has 1 saturated heterocycles. The van der Waals surface area contributed by atoms with Gasteiger partial charge in [0.05, 0.1) is 28.8 Å². The number of nitrogens with one attached hydrogen (secondary N) is 1. The van der Waals surface area contributed by atoms with E-state index >= 15 is 0 Å². The number of hydrogen-bond acceptors (Lipinski definition) is 8.